The molecule has 1 aliphatic rings. The van der Waals surface area contributed by atoms with Gasteiger partial charge in [0.2, 0.25) is 0 Å². The normalized spacial score (nSPS) is 26.0. The van der Waals surface area contributed by atoms with Gasteiger partial charge in [0.1, 0.15) is 0 Å². The molecule has 5 nitrogen and oxygen atoms in total. The fourth-order valence-electron chi connectivity index (χ4n) is 2.19. The fraction of sp³-hybridized carbons (Fsp3) is 0.636. The molecule has 0 saturated carbocycles. The zero-order chi connectivity index (χ0) is 12.4. The number of nitro groups is 1. The number of nitrogens with zero attached hydrogens (tertiary/aromatic N) is 2. The summed E-state index contributed by atoms with van der Waals surface area (Å²) < 4.78 is 0. The zero-order valence-corrected chi connectivity index (χ0v) is 10.7. The number of hydrogen-bond donors (Lipinski definition) is 1. The molecule has 1 aliphatic heterocycles. The molecule has 0 amide bonds. The largest absolute Gasteiger partial charge is 0.327 e. The third-order valence-electron chi connectivity index (χ3n) is 3.28. The second-order valence-corrected chi connectivity index (χ2v) is 5.60. The fourth-order valence-corrected chi connectivity index (χ4v) is 2.91. The van der Waals surface area contributed by atoms with Crippen LogP contribution in [-0.4, -0.2) is 29.0 Å². The van der Waals surface area contributed by atoms with Crippen LogP contribution < -0.4 is 5.73 Å². The van der Waals surface area contributed by atoms with Gasteiger partial charge in [0.05, 0.1) is 4.92 Å². The quantitative estimate of drug-likeness (QED) is 0.660. The van der Waals surface area contributed by atoms with Crippen LogP contribution in [0.15, 0.2) is 11.4 Å². The molecule has 2 unspecified atom stereocenters. The molecule has 0 radical (unpaired) electrons. The van der Waals surface area contributed by atoms with Gasteiger partial charge >= 0.3 is 5.00 Å². The summed E-state index contributed by atoms with van der Waals surface area (Å²) >= 11 is 1.20. The van der Waals surface area contributed by atoms with E-state index < -0.39 is 0 Å². The SMILES string of the molecule is CC1CN(Cc2csc([N+](=O)[O-])c2)CCC1N. The molecule has 94 valence electrons. The number of piperidine rings is 1. The van der Waals surface area contributed by atoms with Gasteiger partial charge in [-0.3, -0.25) is 15.0 Å². The molecule has 1 aromatic rings. The van der Waals surface area contributed by atoms with Gasteiger partial charge < -0.3 is 5.73 Å². The topological polar surface area (TPSA) is 72.4 Å². The highest BCUT2D eigenvalue weighted by atomic mass is 32.1. The number of likely N-dealkylation sites (tertiary alicyclic amines) is 1. The molecule has 2 atom stereocenters. The van der Waals surface area contributed by atoms with Gasteiger partial charge in [-0.05, 0) is 24.4 Å². The van der Waals surface area contributed by atoms with Gasteiger partial charge in [0.15, 0.2) is 0 Å². The van der Waals surface area contributed by atoms with Crippen molar-refractivity contribution < 1.29 is 4.92 Å². The summed E-state index contributed by atoms with van der Waals surface area (Å²) in [6.07, 6.45) is 1.01. The summed E-state index contributed by atoms with van der Waals surface area (Å²) in [5.74, 6) is 0.498. The van der Waals surface area contributed by atoms with E-state index in [4.69, 9.17) is 5.73 Å². The predicted octanol–water partition coefficient (Wildman–Crippen LogP) is 1.83. The van der Waals surface area contributed by atoms with Crippen LogP contribution in [0.4, 0.5) is 5.00 Å². The Labute approximate surface area is 104 Å². The Bertz CT molecular complexity index is 407. The van der Waals surface area contributed by atoms with Gasteiger partial charge in [-0.25, -0.2) is 0 Å². The molecule has 0 bridgehead atoms. The Kier molecular flexibility index (Phi) is 3.76. The lowest BCUT2D eigenvalue weighted by Crippen LogP contribution is -2.45. The van der Waals surface area contributed by atoms with Gasteiger partial charge in [0, 0.05) is 30.6 Å². The van der Waals surface area contributed by atoms with E-state index in [1.165, 1.54) is 11.3 Å². The van der Waals surface area contributed by atoms with Crippen molar-refractivity contribution in [3.05, 3.63) is 27.1 Å². The van der Waals surface area contributed by atoms with Gasteiger partial charge in [-0.1, -0.05) is 18.3 Å². The predicted molar refractivity (Wildman–Crippen MR) is 68.0 cm³/mol. The van der Waals surface area contributed by atoms with Crippen molar-refractivity contribution >= 4 is 16.3 Å². The zero-order valence-electron chi connectivity index (χ0n) is 9.83. The second kappa shape index (κ2) is 5.12. The first-order valence-corrected chi connectivity index (χ1v) is 6.64. The summed E-state index contributed by atoms with van der Waals surface area (Å²) in [5.41, 5.74) is 7.00. The molecule has 0 aliphatic carbocycles. The summed E-state index contributed by atoms with van der Waals surface area (Å²) in [7, 11) is 0. The molecule has 1 aromatic heterocycles. The monoisotopic (exact) mass is 255 g/mol. The third kappa shape index (κ3) is 3.02. The minimum Gasteiger partial charge on any atom is -0.327 e. The summed E-state index contributed by atoms with van der Waals surface area (Å²) in [6.45, 7) is 4.91. The number of nitrogens with two attached hydrogens (primary N) is 1. The van der Waals surface area contributed by atoms with E-state index >= 15 is 0 Å². The van der Waals surface area contributed by atoms with E-state index in [1.807, 2.05) is 5.38 Å². The third-order valence-corrected chi connectivity index (χ3v) is 4.21. The van der Waals surface area contributed by atoms with Crippen LogP contribution in [-0.2, 0) is 6.54 Å². The number of rotatable bonds is 3. The van der Waals surface area contributed by atoms with Gasteiger partial charge in [-0.2, -0.15) is 0 Å². The van der Waals surface area contributed by atoms with Gasteiger partial charge in [-0.15, -0.1) is 0 Å². The van der Waals surface area contributed by atoms with Crippen molar-refractivity contribution in [3.63, 3.8) is 0 Å². The van der Waals surface area contributed by atoms with Crippen molar-refractivity contribution in [2.45, 2.75) is 25.9 Å². The molecular weight excluding hydrogens is 238 g/mol. The van der Waals surface area contributed by atoms with E-state index in [0.29, 0.717) is 12.0 Å². The van der Waals surface area contributed by atoms with Crippen LogP contribution in [0.3, 0.4) is 0 Å². The first-order valence-electron chi connectivity index (χ1n) is 5.76. The first-order chi connectivity index (χ1) is 8.06. The van der Waals surface area contributed by atoms with Crippen LogP contribution in [0.1, 0.15) is 18.9 Å². The highest BCUT2D eigenvalue weighted by molar-refractivity contribution is 7.13. The molecular formula is C11H17N3O2S. The van der Waals surface area contributed by atoms with Crippen LogP contribution in [0.25, 0.3) is 0 Å². The van der Waals surface area contributed by atoms with E-state index in [0.717, 1.165) is 31.6 Å². The lowest BCUT2D eigenvalue weighted by atomic mass is 9.95. The summed E-state index contributed by atoms with van der Waals surface area (Å²) in [6, 6.07) is 1.97. The minimum atomic E-state index is -0.330. The minimum absolute atomic E-state index is 0.224. The van der Waals surface area contributed by atoms with E-state index in [9.17, 15) is 10.1 Å². The van der Waals surface area contributed by atoms with Crippen LogP contribution in [0.2, 0.25) is 0 Å². The van der Waals surface area contributed by atoms with Crippen molar-refractivity contribution in [2.75, 3.05) is 13.1 Å². The van der Waals surface area contributed by atoms with Crippen molar-refractivity contribution in [3.8, 4) is 0 Å². The standard InChI is InChI=1S/C11H17N3O2S/c1-8-5-13(3-2-10(8)12)6-9-4-11(14(15)16)17-7-9/h4,7-8,10H,2-3,5-6,12H2,1H3. The molecule has 2 heterocycles. The average Bonchev–Trinajstić information content (AvgIpc) is 2.72. The maximum Gasteiger partial charge on any atom is 0.324 e. The highest BCUT2D eigenvalue weighted by Crippen LogP contribution is 2.25. The molecule has 1 saturated heterocycles. The van der Waals surface area contributed by atoms with E-state index in [2.05, 4.69) is 11.8 Å². The summed E-state index contributed by atoms with van der Waals surface area (Å²) in [4.78, 5) is 12.6. The second-order valence-electron chi connectivity index (χ2n) is 4.72. The maximum absolute atomic E-state index is 10.6. The summed E-state index contributed by atoms with van der Waals surface area (Å²) in [5, 5.41) is 12.7. The Morgan fingerprint density at radius 2 is 2.47 bits per heavy atom. The van der Waals surface area contributed by atoms with Crippen LogP contribution in [0.5, 0.6) is 0 Å². The van der Waals surface area contributed by atoms with Crippen molar-refractivity contribution in [2.24, 2.45) is 11.7 Å². The number of thiophene rings is 1. The Hall–Kier alpha value is -0.980. The van der Waals surface area contributed by atoms with E-state index in [-0.39, 0.29) is 9.92 Å². The van der Waals surface area contributed by atoms with E-state index in [1.54, 1.807) is 6.07 Å². The molecule has 2 rings (SSSR count). The Morgan fingerprint density at radius 3 is 3.06 bits per heavy atom. The first kappa shape index (κ1) is 12.5. The Morgan fingerprint density at radius 1 is 1.71 bits per heavy atom. The molecule has 6 heteroatoms. The molecule has 0 aromatic carbocycles. The Balaban J connectivity index is 1.94. The van der Waals surface area contributed by atoms with Crippen LogP contribution >= 0.6 is 11.3 Å². The molecule has 0 spiro atoms. The lowest BCUT2D eigenvalue weighted by molar-refractivity contribution is -0.380. The highest BCUT2D eigenvalue weighted by Gasteiger charge is 2.23. The average molecular weight is 255 g/mol. The molecule has 17 heavy (non-hydrogen) atoms. The van der Waals surface area contributed by atoms with Crippen LogP contribution in [0, 0.1) is 16.0 Å². The maximum atomic E-state index is 10.6. The smallest absolute Gasteiger partial charge is 0.324 e. The molecule has 1 fully saturated rings. The number of hydrogen-bond acceptors (Lipinski definition) is 5. The van der Waals surface area contributed by atoms with Crippen molar-refractivity contribution in [1.29, 1.82) is 0 Å². The molecule has 2 N–H and O–H groups in total. The van der Waals surface area contributed by atoms with Gasteiger partial charge in [0.25, 0.3) is 0 Å². The lowest BCUT2D eigenvalue weighted by Gasteiger charge is -2.34. The van der Waals surface area contributed by atoms with Crippen molar-refractivity contribution in [1.82, 2.24) is 4.90 Å².